The number of ketones is 1. The molecule has 0 unspecified atom stereocenters. The number of Topliss-reactive ketones (excluding diaryl/α,β-unsaturated/α-hetero) is 1. The number of carbonyl (C=O) groups excluding carboxylic acids is 1. The van der Waals surface area contributed by atoms with Crippen molar-refractivity contribution in [3.63, 3.8) is 0 Å². The highest BCUT2D eigenvalue weighted by atomic mass is 127. The topological polar surface area (TPSA) is 26.3 Å². The summed E-state index contributed by atoms with van der Waals surface area (Å²) < 4.78 is 6.51. The second-order valence-corrected chi connectivity index (χ2v) is 4.14. The summed E-state index contributed by atoms with van der Waals surface area (Å²) in [6, 6.07) is 3.77. The smallest absolute Gasteiger partial charge is 0.163 e. The third kappa shape index (κ3) is 2.26. The van der Waals surface area contributed by atoms with Crippen molar-refractivity contribution in [3.05, 3.63) is 26.8 Å². The van der Waals surface area contributed by atoms with Gasteiger partial charge in [0.05, 0.1) is 15.7 Å². The van der Waals surface area contributed by atoms with Gasteiger partial charge >= 0.3 is 0 Å². The Morgan fingerprint density at radius 3 is 2.64 bits per heavy atom. The number of ether oxygens (including phenoxy) is 1. The number of hydrogen-bond acceptors (Lipinski definition) is 2. The molecule has 0 amide bonds. The van der Waals surface area contributed by atoms with Gasteiger partial charge in [-0.15, -0.1) is 0 Å². The van der Waals surface area contributed by atoms with Crippen LogP contribution in [0.25, 0.3) is 0 Å². The Morgan fingerprint density at radius 1 is 1.50 bits per heavy atom. The molecule has 76 valence electrons. The normalized spacial score (nSPS) is 10.0. The van der Waals surface area contributed by atoms with Crippen LogP contribution in [0.2, 0.25) is 0 Å². The molecule has 0 saturated carbocycles. The molecule has 0 atom stereocenters. The zero-order valence-corrected chi connectivity index (χ0v) is 10.7. The van der Waals surface area contributed by atoms with Crippen molar-refractivity contribution in [1.29, 1.82) is 0 Å². The fourth-order valence-corrected chi connectivity index (χ4v) is 1.84. The molecule has 2 nitrogen and oxygen atoms in total. The van der Waals surface area contributed by atoms with Crippen molar-refractivity contribution in [3.8, 4) is 5.75 Å². The van der Waals surface area contributed by atoms with Crippen LogP contribution in [-0.2, 0) is 0 Å². The summed E-state index contributed by atoms with van der Waals surface area (Å²) in [6.07, 6.45) is 0. The quantitative estimate of drug-likeness (QED) is 0.633. The van der Waals surface area contributed by atoms with Gasteiger partial charge in [0.2, 0.25) is 0 Å². The maximum atomic E-state index is 11.3. The van der Waals surface area contributed by atoms with Crippen molar-refractivity contribution in [2.45, 2.75) is 20.8 Å². The van der Waals surface area contributed by atoms with Crippen LogP contribution in [0.3, 0.4) is 0 Å². The van der Waals surface area contributed by atoms with E-state index in [1.165, 1.54) is 0 Å². The summed E-state index contributed by atoms with van der Waals surface area (Å²) in [7, 11) is 0. The predicted octanol–water partition coefficient (Wildman–Crippen LogP) is 3.20. The third-order valence-electron chi connectivity index (χ3n) is 1.96. The first-order chi connectivity index (χ1) is 6.57. The average Bonchev–Trinajstić information content (AvgIpc) is 2.13. The van der Waals surface area contributed by atoms with E-state index in [0.717, 1.165) is 14.9 Å². The van der Waals surface area contributed by atoms with Crippen LogP contribution >= 0.6 is 22.6 Å². The van der Waals surface area contributed by atoms with Crippen LogP contribution in [0.15, 0.2) is 12.1 Å². The highest BCUT2D eigenvalue weighted by Gasteiger charge is 2.13. The molecule has 0 aliphatic rings. The fraction of sp³-hybridized carbons (Fsp3) is 0.364. The largest absolute Gasteiger partial charge is 0.492 e. The second kappa shape index (κ2) is 4.77. The molecular formula is C11H13IO2. The van der Waals surface area contributed by atoms with Crippen molar-refractivity contribution in [2.75, 3.05) is 6.61 Å². The zero-order valence-electron chi connectivity index (χ0n) is 8.56. The molecule has 0 spiro atoms. The molecule has 1 aromatic carbocycles. The van der Waals surface area contributed by atoms with Crippen LogP contribution in [0.5, 0.6) is 5.75 Å². The van der Waals surface area contributed by atoms with Gasteiger partial charge in [-0.25, -0.2) is 0 Å². The highest BCUT2D eigenvalue weighted by Crippen LogP contribution is 2.29. The van der Waals surface area contributed by atoms with E-state index in [2.05, 4.69) is 22.6 Å². The SMILES string of the molecule is CCOc1c(C(C)=O)ccc(C)c1I. The number of carbonyl (C=O) groups is 1. The minimum absolute atomic E-state index is 0.0476. The summed E-state index contributed by atoms with van der Waals surface area (Å²) >= 11 is 2.21. The molecule has 0 bridgehead atoms. The Morgan fingerprint density at radius 2 is 2.14 bits per heavy atom. The lowest BCUT2D eigenvalue weighted by molar-refractivity contribution is 0.101. The van der Waals surface area contributed by atoms with Gasteiger partial charge in [0, 0.05) is 0 Å². The van der Waals surface area contributed by atoms with Crippen LogP contribution in [-0.4, -0.2) is 12.4 Å². The Bertz CT molecular complexity index is 359. The Balaban J connectivity index is 3.29. The minimum atomic E-state index is 0.0476. The van der Waals surface area contributed by atoms with E-state index in [-0.39, 0.29) is 5.78 Å². The maximum absolute atomic E-state index is 11.3. The van der Waals surface area contributed by atoms with Crippen molar-refractivity contribution >= 4 is 28.4 Å². The summed E-state index contributed by atoms with van der Waals surface area (Å²) in [5.41, 5.74) is 1.81. The molecule has 0 fully saturated rings. The molecular weight excluding hydrogens is 291 g/mol. The van der Waals surface area contributed by atoms with Crippen LogP contribution < -0.4 is 4.74 Å². The zero-order chi connectivity index (χ0) is 10.7. The van der Waals surface area contributed by atoms with Gasteiger partial charge in [0.1, 0.15) is 5.75 Å². The molecule has 1 aromatic rings. The van der Waals surface area contributed by atoms with E-state index in [4.69, 9.17) is 4.74 Å². The molecule has 14 heavy (non-hydrogen) atoms. The van der Waals surface area contributed by atoms with Crippen LogP contribution in [0, 0.1) is 10.5 Å². The number of benzene rings is 1. The number of aryl methyl sites for hydroxylation is 1. The van der Waals surface area contributed by atoms with Gasteiger partial charge < -0.3 is 4.74 Å². The monoisotopic (exact) mass is 304 g/mol. The standard InChI is InChI=1S/C11H13IO2/c1-4-14-11-9(8(3)13)6-5-7(2)10(11)12/h5-6H,4H2,1-3H3. The Hall–Kier alpha value is -0.580. The molecule has 0 N–H and O–H groups in total. The highest BCUT2D eigenvalue weighted by molar-refractivity contribution is 14.1. The van der Waals surface area contributed by atoms with E-state index in [1.807, 2.05) is 26.0 Å². The number of halogens is 1. The van der Waals surface area contributed by atoms with Gasteiger partial charge in [0.15, 0.2) is 5.78 Å². The van der Waals surface area contributed by atoms with Gasteiger partial charge in [0.25, 0.3) is 0 Å². The molecule has 0 aliphatic carbocycles. The Labute approximate surface area is 97.8 Å². The molecule has 0 saturated heterocycles. The van der Waals surface area contributed by atoms with Crippen molar-refractivity contribution < 1.29 is 9.53 Å². The fourth-order valence-electron chi connectivity index (χ4n) is 1.22. The molecule has 0 aromatic heterocycles. The third-order valence-corrected chi connectivity index (χ3v) is 3.30. The summed E-state index contributed by atoms with van der Waals surface area (Å²) in [4.78, 5) is 11.3. The van der Waals surface area contributed by atoms with E-state index >= 15 is 0 Å². The van der Waals surface area contributed by atoms with Crippen LogP contribution in [0.1, 0.15) is 29.8 Å². The maximum Gasteiger partial charge on any atom is 0.163 e. The van der Waals surface area contributed by atoms with Gasteiger partial charge in [-0.2, -0.15) is 0 Å². The Kier molecular flexibility index (Phi) is 3.92. The van der Waals surface area contributed by atoms with Crippen molar-refractivity contribution in [1.82, 2.24) is 0 Å². The summed E-state index contributed by atoms with van der Waals surface area (Å²) in [5, 5.41) is 0. The molecule has 1 rings (SSSR count). The van der Waals surface area contributed by atoms with E-state index in [9.17, 15) is 4.79 Å². The second-order valence-electron chi connectivity index (χ2n) is 3.06. The average molecular weight is 304 g/mol. The van der Waals surface area contributed by atoms with Gasteiger partial charge in [-0.3, -0.25) is 4.79 Å². The predicted molar refractivity (Wildman–Crippen MR) is 65.1 cm³/mol. The van der Waals surface area contributed by atoms with Gasteiger partial charge in [-0.1, -0.05) is 6.07 Å². The van der Waals surface area contributed by atoms with E-state index in [0.29, 0.717) is 12.2 Å². The molecule has 0 heterocycles. The van der Waals surface area contributed by atoms with Crippen LogP contribution in [0.4, 0.5) is 0 Å². The minimum Gasteiger partial charge on any atom is -0.492 e. The first-order valence-corrected chi connectivity index (χ1v) is 5.58. The van der Waals surface area contributed by atoms with E-state index < -0.39 is 0 Å². The lowest BCUT2D eigenvalue weighted by Gasteiger charge is -2.11. The first-order valence-electron chi connectivity index (χ1n) is 4.50. The lowest BCUT2D eigenvalue weighted by Crippen LogP contribution is -2.03. The molecule has 3 heteroatoms. The first kappa shape index (κ1) is 11.5. The van der Waals surface area contributed by atoms with E-state index in [1.54, 1.807) is 6.92 Å². The lowest BCUT2D eigenvalue weighted by atomic mass is 10.1. The number of hydrogen-bond donors (Lipinski definition) is 0. The summed E-state index contributed by atoms with van der Waals surface area (Å²) in [6.45, 7) is 6.07. The van der Waals surface area contributed by atoms with Gasteiger partial charge in [-0.05, 0) is 55.0 Å². The molecule has 0 radical (unpaired) electrons. The molecule has 0 aliphatic heterocycles. The summed E-state index contributed by atoms with van der Waals surface area (Å²) in [5.74, 6) is 0.770. The number of rotatable bonds is 3. The van der Waals surface area contributed by atoms with Crippen molar-refractivity contribution in [2.24, 2.45) is 0 Å².